The summed E-state index contributed by atoms with van der Waals surface area (Å²) in [5.41, 5.74) is 0.495. The van der Waals surface area contributed by atoms with E-state index in [4.69, 9.17) is 9.84 Å². The van der Waals surface area contributed by atoms with Crippen molar-refractivity contribution in [3.8, 4) is 5.75 Å². The number of benzene rings is 1. The highest BCUT2D eigenvalue weighted by molar-refractivity contribution is 5.94. The molecule has 0 spiro atoms. The van der Waals surface area contributed by atoms with E-state index in [1.807, 2.05) is 4.90 Å². The summed E-state index contributed by atoms with van der Waals surface area (Å²) in [6.45, 7) is 4.50. The molecule has 2 atom stereocenters. The number of likely N-dealkylation sites (tertiary alicyclic amines) is 1. The molecule has 1 aliphatic heterocycles. The Kier molecular flexibility index (Phi) is 7.84. The van der Waals surface area contributed by atoms with Crippen LogP contribution in [-0.2, 0) is 9.59 Å². The van der Waals surface area contributed by atoms with Crippen LogP contribution in [0.2, 0.25) is 0 Å². The number of hydrogen-bond acceptors (Lipinski definition) is 4. The highest BCUT2D eigenvalue weighted by atomic mass is 16.5. The summed E-state index contributed by atoms with van der Waals surface area (Å²) in [4.78, 5) is 38.8. The second-order valence-electron chi connectivity index (χ2n) is 7.47. The molecule has 0 saturated carbocycles. The number of hydrogen-bond donors (Lipinski definition) is 1. The lowest BCUT2D eigenvalue weighted by atomic mass is 9.97. The van der Waals surface area contributed by atoms with Crippen LogP contribution in [0.3, 0.4) is 0 Å². The van der Waals surface area contributed by atoms with E-state index in [0.29, 0.717) is 24.3 Å². The minimum atomic E-state index is -0.870. The Hall–Kier alpha value is -2.57. The van der Waals surface area contributed by atoms with Crippen LogP contribution in [-0.4, -0.2) is 65.0 Å². The highest BCUT2D eigenvalue weighted by Crippen LogP contribution is 2.23. The van der Waals surface area contributed by atoms with E-state index in [-0.39, 0.29) is 36.9 Å². The minimum Gasteiger partial charge on any atom is -0.484 e. The molecule has 1 aromatic rings. The number of aliphatic carboxylic acids is 1. The summed E-state index contributed by atoms with van der Waals surface area (Å²) in [6, 6.07) is 7.13. The van der Waals surface area contributed by atoms with Crippen molar-refractivity contribution in [2.75, 3.05) is 20.2 Å². The van der Waals surface area contributed by atoms with E-state index in [2.05, 4.69) is 13.8 Å². The maximum Gasteiger partial charge on any atom is 0.303 e. The molecule has 0 radical (unpaired) electrons. The first-order valence-corrected chi connectivity index (χ1v) is 9.81. The van der Waals surface area contributed by atoms with E-state index in [9.17, 15) is 14.4 Å². The Labute approximate surface area is 166 Å². The molecule has 1 aromatic carbocycles. The Morgan fingerprint density at radius 3 is 2.32 bits per heavy atom. The van der Waals surface area contributed by atoms with Gasteiger partial charge in [-0.25, -0.2) is 0 Å². The average Bonchev–Trinajstić information content (AvgIpc) is 2.65. The molecule has 154 valence electrons. The highest BCUT2D eigenvalue weighted by Gasteiger charge is 2.29. The minimum absolute atomic E-state index is 0.0157. The molecule has 1 fully saturated rings. The van der Waals surface area contributed by atoms with Gasteiger partial charge in [-0.3, -0.25) is 14.4 Å². The van der Waals surface area contributed by atoms with Gasteiger partial charge in [0.15, 0.2) is 6.61 Å². The van der Waals surface area contributed by atoms with Gasteiger partial charge in [0.25, 0.3) is 11.8 Å². The topological polar surface area (TPSA) is 87.2 Å². The summed E-state index contributed by atoms with van der Waals surface area (Å²) in [5.74, 6) is -0.525. The molecule has 0 bridgehead atoms. The molecule has 28 heavy (non-hydrogen) atoms. The van der Waals surface area contributed by atoms with Crippen LogP contribution >= 0.6 is 0 Å². The molecule has 1 aliphatic rings. The zero-order valence-corrected chi connectivity index (χ0v) is 16.9. The van der Waals surface area contributed by atoms with Crippen LogP contribution < -0.4 is 4.74 Å². The molecule has 7 nitrogen and oxygen atoms in total. The van der Waals surface area contributed by atoms with Crippen LogP contribution in [0.4, 0.5) is 0 Å². The predicted molar refractivity (Wildman–Crippen MR) is 105 cm³/mol. The fourth-order valence-electron chi connectivity index (χ4n) is 3.62. The molecule has 1 saturated heterocycles. The summed E-state index contributed by atoms with van der Waals surface area (Å²) >= 11 is 0. The Bertz CT molecular complexity index is 679. The largest absolute Gasteiger partial charge is 0.484 e. The third-order valence-corrected chi connectivity index (χ3v) is 5.18. The molecule has 1 N–H and O–H groups in total. The van der Waals surface area contributed by atoms with E-state index in [0.717, 1.165) is 19.3 Å². The first kappa shape index (κ1) is 21.7. The number of carboxylic acids is 1. The van der Waals surface area contributed by atoms with Crippen LogP contribution in [0.1, 0.15) is 56.3 Å². The molecule has 0 aromatic heterocycles. The van der Waals surface area contributed by atoms with E-state index < -0.39 is 5.97 Å². The Morgan fingerprint density at radius 2 is 1.75 bits per heavy atom. The van der Waals surface area contributed by atoms with Crippen LogP contribution in [0, 0.1) is 0 Å². The summed E-state index contributed by atoms with van der Waals surface area (Å²) in [6.07, 6.45) is 3.63. The van der Waals surface area contributed by atoms with Crippen molar-refractivity contribution in [2.45, 2.75) is 58.0 Å². The molecule has 1 heterocycles. The van der Waals surface area contributed by atoms with Crippen LogP contribution in [0.5, 0.6) is 5.75 Å². The van der Waals surface area contributed by atoms with Gasteiger partial charge in [-0.1, -0.05) is 0 Å². The summed E-state index contributed by atoms with van der Waals surface area (Å²) in [7, 11) is 1.65. The lowest BCUT2D eigenvalue weighted by Gasteiger charge is -2.38. The van der Waals surface area contributed by atoms with Crippen LogP contribution in [0.15, 0.2) is 24.3 Å². The molecular weight excluding hydrogens is 360 g/mol. The van der Waals surface area contributed by atoms with Crippen molar-refractivity contribution in [3.05, 3.63) is 29.8 Å². The maximum atomic E-state index is 12.5. The van der Waals surface area contributed by atoms with Gasteiger partial charge < -0.3 is 19.6 Å². The first-order chi connectivity index (χ1) is 13.3. The Balaban J connectivity index is 1.85. The van der Waals surface area contributed by atoms with Gasteiger partial charge in [0.2, 0.25) is 0 Å². The second-order valence-corrected chi connectivity index (χ2v) is 7.47. The maximum absolute atomic E-state index is 12.5. The molecule has 2 rings (SSSR count). The van der Waals surface area contributed by atoms with Crippen molar-refractivity contribution in [2.24, 2.45) is 0 Å². The number of nitrogens with zero attached hydrogens (tertiary/aromatic N) is 2. The number of carbonyl (C=O) groups is 3. The number of amides is 2. The number of piperidine rings is 1. The third-order valence-electron chi connectivity index (χ3n) is 5.18. The monoisotopic (exact) mass is 390 g/mol. The van der Waals surface area contributed by atoms with E-state index in [1.54, 1.807) is 31.3 Å². The molecule has 2 unspecified atom stereocenters. The second kappa shape index (κ2) is 10.1. The van der Waals surface area contributed by atoms with Gasteiger partial charge in [-0.15, -0.1) is 0 Å². The molecule has 0 aliphatic carbocycles. The van der Waals surface area contributed by atoms with E-state index >= 15 is 0 Å². The summed E-state index contributed by atoms with van der Waals surface area (Å²) < 4.78 is 5.62. The van der Waals surface area contributed by atoms with Gasteiger partial charge >= 0.3 is 5.97 Å². The van der Waals surface area contributed by atoms with E-state index in [1.165, 1.54) is 4.90 Å². The fourth-order valence-corrected chi connectivity index (χ4v) is 3.62. The standard InChI is InChI=1S/C21H30N2O5/c1-15-6-4-7-16(2)23(15)19(24)14-28-18-11-9-17(10-12-18)21(27)22(3)13-5-8-20(25)26/h9-12,15-16H,4-8,13-14H2,1-3H3,(H,25,26). The number of carboxylic acid groups (broad SMARTS) is 1. The fraction of sp³-hybridized carbons (Fsp3) is 0.571. The zero-order valence-electron chi connectivity index (χ0n) is 16.9. The van der Waals surface area contributed by atoms with Crippen molar-refractivity contribution >= 4 is 17.8 Å². The SMILES string of the molecule is CC1CCCC(C)N1C(=O)COc1ccc(C(=O)N(C)CCCC(=O)O)cc1. The van der Waals surface area contributed by atoms with Crippen molar-refractivity contribution in [3.63, 3.8) is 0 Å². The van der Waals surface area contributed by atoms with Gasteiger partial charge in [0, 0.05) is 37.7 Å². The number of carbonyl (C=O) groups excluding carboxylic acids is 2. The van der Waals surface area contributed by atoms with Gasteiger partial charge in [0.05, 0.1) is 0 Å². The summed E-state index contributed by atoms with van der Waals surface area (Å²) in [5, 5.41) is 8.67. The number of ether oxygens (including phenoxy) is 1. The van der Waals surface area contributed by atoms with Gasteiger partial charge in [0.1, 0.15) is 5.75 Å². The third kappa shape index (κ3) is 5.97. The lowest BCUT2D eigenvalue weighted by Crippen LogP contribution is -2.49. The first-order valence-electron chi connectivity index (χ1n) is 9.81. The van der Waals surface area contributed by atoms with Crippen molar-refractivity contribution in [1.82, 2.24) is 9.80 Å². The van der Waals surface area contributed by atoms with Crippen molar-refractivity contribution < 1.29 is 24.2 Å². The zero-order chi connectivity index (χ0) is 20.7. The quantitative estimate of drug-likeness (QED) is 0.737. The average molecular weight is 390 g/mol. The van der Waals surface area contributed by atoms with Crippen molar-refractivity contribution in [1.29, 1.82) is 0 Å². The molecule has 2 amide bonds. The number of rotatable bonds is 8. The smallest absolute Gasteiger partial charge is 0.303 e. The van der Waals surface area contributed by atoms with Gasteiger partial charge in [-0.05, 0) is 63.8 Å². The normalized spacial score (nSPS) is 19.2. The molecule has 7 heteroatoms. The predicted octanol–water partition coefficient (Wildman–Crippen LogP) is 2.79. The lowest BCUT2D eigenvalue weighted by molar-refractivity contribution is -0.139. The molecular formula is C21H30N2O5. The van der Waals surface area contributed by atoms with Crippen LogP contribution in [0.25, 0.3) is 0 Å². The Morgan fingerprint density at radius 1 is 1.14 bits per heavy atom. The van der Waals surface area contributed by atoms with Gasteiger partial charge in [-0.2, -0.15) is 0 Å².